The predicted octanol–water partition coefficient (Wildman–Crippen LogP) is 4.10. The minimum Gasteiger partial charge on any atom is -0.370 e. The van der Waals surface area contributed by atoms with Crippen LogP contribution in [0.25, 0.3) is 0 Å². The molecule has 0 radical (unpaired) electrons. The SMILES string of the molecule is Cc1cccc(CN(C)c2cc(C)c(F)cc2[C@@H](C)N)c1. The number of hydrogen-bond acceptors (Lipinski definition) is 2. The zero-order chi connectivity index (χ0) is 15.6. The third kappa shape index (κ3) is 3.61. The van der Waals surface area contributed by atoms with E-state index in [1.807, 2.05) is 20.0 Å². The Balaban J connectivity index is 2.34. The van der Waals surface area contributed by atoms with Gasteiger partial charge >= 0.3 is 0 Å². The number of nitrogens with two attached hydrogens (primary N) is 1. The Kier molecular flexibility index (Phi) is 4.63. The van der Waals surface area contributed by atoms with Gasteiger partial charge in [0.1, 0.15) is 5.82 Å². The summed E-state index contributed by atoms with van der Waals surface area (Å²) in [6, 6.07) is 11.6. The summed E-state index contributed by atoms with van der Waals surface area (Å²) in [5.74, 6) is -0.199. The third-order valence-corrected chi connectivity index (χ3v) is 3.71. The van der Waals surface area contributed by atoms with Gasteiger partial charge in [-0.15, -0.1) is 0 Å². The van der Waals surface area contributed by atoms with E-state index in [1.54, 1.807) is 13.0 Å². The molecule has 0 aliphatic heterocycles. The lowest BCUT2D eigenvalue weighted by atomic mass is 10.0. The molecule has 2 rings (SSSR count). The summed E-state index contributed by atoms with van der Waals surface area (Å²) in [4.78, 5) is 2.12. The quantitative estimate of drug-likeness (QED) is 0.917. The van der Waals surface area contributed by atoms with Gasteiger partial charge in [-0.1, -0.05) is 29.8 Å². The molecule has 0 spiro atoms. The maximum Gasteiger partial charge on any atom is 0.126 e. The molecule has 2 nitrogen and oxygen atoms in total. The minimum absolute atomic E-state index is 0.199. The first-order chi connectivity index (χ1) is 9.88. The van der Waals surface area contributed by atoms with E-state index in [4.69, 9.17) is 5.73 Å². The zero-order valence-electron chi connectivity index (χ0n) is 13.2. The van der Waals surface area contributed by atoms with Gasteiger partial charge in [-0.25, -0.2) is 4.39 Å². The second-order valence-corrected chi connectivity index (χ2v) is 5.79. The van der Waals surface area contributed by atoms with Crippen molar-refractivity contribution in [2.75, 3.05) is 11.9 Å². The van der Waals surface area contributed by atoms with Crippen molar-refractivity contribution in [3.63, 3.8) is 0 Å². The van der Waals surface area contributed by atoms with Crippen molar-refractivity contribution in [1.29, 1.82) is 0 Å². The summed E-state index contributed by atoms with van der Waals surface area (Å²) >= 11 is 0. The van der Waals surface area contributed by atoms with E-state index in [2.05, 4.69) is 36.1 Å². The number of rotatable bonds is 4. The Morgan fingerprint density at radius 2 is 1.90 bits per heavy atom. The molecular weight excluding hydrogens is 263 g/mol. The molecule has 0 heterocycles. The van der Waals surface area contributed by atoms with Gasteiger partial charge in [0.15, 0.2) is 0 Å². The molecule has 2 aromatic rings. The zero-order valence-corrected chi connectivity index (χ0v) is 13.2. The van der Waals surface area contributed by atoms with Crippen molar-refractivity contribution >= 4 is 5.69 Å². The molecule has 0 saturated heterocycles. The lowest BCUT2D eigenvalue weighted by Crippen LogP contribution is -2.20. The van der Waals surface area contributed by atoms with Crippen LogP contribution in [0.4, 0.5) is 10.1 Å². The maximum atomic E-state index is 13.8. The van der Waals surface area contributed by atoms with Gasteiger partial charge in [-0.2, -0.15) is 0 Å². The summed E-state index contributed by atoms with van der Waals surface area (Å²) in [6.07, 6.45) is 0. The number of halogens is 1. The fourth-order valence-electron chi connectivity index (χ4n) is 2.55. The van der Waals surface area contributed by atoms with Gasteiger partial charge in [0, 0.05) is 25.3 Å². The Bertz CT molecular complexity index is 635. The second-order valence-electron chi connectivity index (χ2n) is 5.79. The molecule has 0 aromatic heterocycles. The Morgan fingerprint density at radius 3 is 2.52 bits per heavy atom. The molecule has 0 unspecified atom stereocenters. The molecule has 0 amide bonds. The monoisotopic (exact) mass is 286 g/mol. The van der Waals surface area contributed by atoms with Gasteiger partial charge in [-0.3, -0.25) is 0 Å². The summed E-state index contributed by atoms with van der Waals surface area (Å²) in [5.41, 5.74) is 10.9. The lowest BCUT2D eigenvalue weighted by Gasteiger charge is -2.25. The van der Waals surface area contributed by atoms with Gasteiger partial charge in [0.25, 0.3) is 0 Å². The van der Waals surface area contributed by atoms with Gasteiger partial charge < -0.3 is 10.6 Å². The average Bonchev–Trinajstić information content (AvgIpc) is 2.41. The van der Waals surface area contributed by atoms with Crippen LogP contribution in [0.3, 0.4) is 0 Å². The van der Waals surface area contributed by atoms with Crippen LogP contribution in [-0.4, -0.2) is 7.05 Å². The highest BCUT2D eigenvalue weighted by Gasteiger charge is 2.14. The van der Waals surface area contributed by atoms with Crippen LogP contribution >= 0.6 is 0 Å². The molecule has 0 fully saturated rings. The highest BCUT2D eigenvalue weighted by Crippen LogP contribution is 2.28. The first kappa shape index (κ1) is 15.5. The Hall–Kier alpha value is -1.87. The van der Waals surface area contributed by atoms with Crippen LogP contribution < -0.4 is 10.6 Å². The largest absolute Gasteiger partial charge is 0.370 e. The molecular formula is C18H23FN2. The van der Waals surface area contributed by atoms with Crippen LogP contribution in [0.2, 0.25) is 0 Å². The summed E-state index contributed by atoms with van der Waals surface area (Å²) in [6.45, 7) is 6.52. The van der Waals surface area contributed by atoms with Crippen molar-refractivity contribution in [2.24, 2.45) is 5.73 Å². The number of aryl methyl sites for hydroxylation is 2. The van der Waals surface area contributed by atoms with Crippen LogP contribution in [0.15, 0.2) is 36.4 Å². The van der Waals surface area contributed by atoms with Crippen molar-refractivity contribution in [2.45, 2.75) is 33.4 Å². The number of nitrogens with zero attached hydrogens (tertiary/aromatic N) is 1. The topological polar surface area (TPSA) is 29.3 Å². The maximum absolute atomic E-state index is 13.8. The van der Waals surface area contributed by atoms with E-state index in [9.17, 15) is 4.39 Å². The number of anilines is 1. The number of hydrogen-bond donors (Lipinski definition) is 1. The summed E-state index contributed by atoms with van der Waals surface area (Å²) < 4.78 is 13.8. The van der Waals surface area contributed by atoms with Gasteiger partial charge in [0.05, 0.1) is 0 Å². The van der Waals surface area contributed by atoms with E-state index in [0.717, 1.165) is 17.8 Å². The molecule has 21 heavy (non-hydrogen) atoms. The average molecular weight is 286 g/mol. The molecule has 2 aromatic carbocycles. The van der Waals surface area contributed by atoms with Crippen molar-refractivity contribution < 1.29 is 4.39 Å². The molecule has 3 heteroatoms. The highest BCUT2D eigenvalue weighted by molar-refractivity contribution is 5.57. The van der Waals surface area contributed by atoms with E-state index in [-0.39, 0.29) is 11.9 Å². The van der Waals surface area contributed by atoms with Crippen LogP contribution in [-0.2, 0) is 6.54 Å². The second kappa shape index (κ2) is 6.27. The Morgan fingerprint density at radius 1 is 1.19 bits per heavy atom. The van der Waals surface area contributed by atoms with Gasteiger partial charge in [0.2, 0.25) is 0 Å². The van der Waals surface area contributed by atoms with Crippen LogP contribution in [0.5, 0.6) is 0 Å². The first-order valence-electron chi connectivity index (χ1n) is 7.21. The van der Waals surface area contributed by atoms with E-state index in [0.29, 0.717) is 5.56 Å². The normalized spacial score (nSPS) is 12.3. The molecule has 1 atom stereocenters. The third-order valence-electron chi connectivity index (χ3n) is 3.71. The molecule has 2 N–H and O–H groups in total. The molecule has 0 aliphatic rings. The minimum atomic E-state index is -0.199. The van der Waals surface area contributed by atoms with Crippen molar-refractivity contribution in [1.82, 2.24) is 0 Å². The Labute approximate surface area is 126 Å². The highest BCUT2D eigenvalue weighted by atomic mass is 19.1. The van der Waals surface area contributed by atoms with E-state index < -0.39 is 0 Å². The molecule has 0 saturated carbocycles. The van der Waals surface area contributed by atoms with Crippen LogP contribution in [0, 0.1) is 19.7 Å². The standard InChI is InChI=1S/C18H23FN2/c1-12-6-5-7-15(8-12)11-21(4)18-9-13(2)17(19)10-16(18)14(3)20/h5-10,14H,11,20H2,1-4H3/t14-/m1/s1. The van der Waals surface area contributed by atoms with Crippen molar-refractivity contribution in [3.05, 3.63) is 64.5 Å². The van der Waals surface area contributed by atoms with E-state index >= 15 is 0 Å². The van der Waals surface area contributed by atoms with Gasteiger partial charge in [-0.05, 0) is 49.6 Å². The molecule has 112 valence electrons. The molecule has 0 aliphatic carbocycles. The fourth-order valence-corrected chi connectivity index (χ4v) is 2.55. The van der Waals surface area contributed by atoms with Crippen molar-refractivity contribution in [3.8, 4) is 0 Å². The van der Waals surface area contributed by atoms with E-state index in [1.165, 1.54) is 11.1 Å². The number of benzene rings is 2. The summed E-state index contributed by atoms with van der Waals surface area (Å²) in [7, 11) is 2.01. The van der Waals surface area contributed by atoms with Crippen LogP contribution in [0.1, 0.15) is 35.2 Å². The lowest BCUT2D eigenvalue weighted by molar-refractivity contribution is 0.612. The fraction of sp³-hybridized carbons (Fsp3) is 0.333. The summed E-state index contributed by atoms with van der Waals surface area (Å²) in [5, 5.41) is 0. The predicted molar refractivity (Wildman–Crippen MR) is 87.0 cm³/mol. The smallest absolute Gasteiger partial charge is 0.126 e. The first-order valence-corrected chi connectivity index (χ1v) is 7.21. The molecule has 0 bridgehead atoms.